The molecule has 0 heterocycles. The van der Waals surface area contributed by atoms with E-state index in [0.29, 0.717) is 0 Å². The Bertz CT molecular complexity index is 704. The molecule has 0 amide bonds. The van der Waals surface area contributed by atoms with Crippen LogP contribution in [0.3, 0.4) is 0 Å². The molecule has 0 radical (unpaired) electrons. The minimum Gasteiger partial charge on any atom is -0.495 e. The first-order valence-corrected chi connectivity index (χ1v) is 5.54. The molecule has 3 aromatic carbocycles. The quantitative estimate of drug-likeness (QED) is 0.505. The van der Waals surface area contributed by atoms with Crippen molar-refractivity contribution in [2.24, 2.45) is 0 Å². The standard InChI is InChI=1S/C15H13NO/c1-17-15-13-5-3-2-4-10(13)8-11-6-7-12(16)9-14(11)15/h2-9H,16H2,1H3. The van der Waals surface area contributed by atoms with Gasteiger partial charge in [-0.2, -0.15) is 0 Å². The number of hydrogen-bond acceptors (Lipinski definition) is 2. The number of fused-ring (bicyclic) bond motifs is 2. The Morgan fingerprint density at radius 2 is 1.65 bits per heavy atom. The minimum absolute atomic E-state index is 0.756. The van der Waals surface area contributed by atoms with Crippen LogP contribution in [0.2, 0.25) is 0 Å². The Hall–Kier alpha value is -2.22. The van der Waals surface area contributed by atoms with Crippen LogP contribution in [0.15, 0.2) is 48.5 Å². The summed E-state index contributed by atoms with van der Waals surface area (Å²) in [4.78, 5) is 0. The molecule has 0 aliphatic heterocycles. The van der Waals surface area contributed by atoms with Crippen molar-refractivity contribution in [1.82, 2.24) is 0 Å². The van der Waals surface area contributed by atoms with E-state index >= 15 is 0 Å². The van der Waals surface area contributed by atoms with E-state index in [2.05, 4.69) is 18.2 Å². The van der Waals surface area contributed by atoms with Gasteiger partial charge in [0.15, 0.2) is 0 Å². The lowest BCUT2D eigenvalue weighted by molar-refractivity contribution is 0.424. The fourth-order valence-corrected chi connectivity index (χ4v) is 2.26. The maximum atomic E-state index is 5.84. The molecule has 0 spiro atoms. The molecule has 0 aliphatic carbocycles. The van der Waals surface area contributed by atoms with E-state index in [1.807, 2.05) is 30.3 Å². The SMILES string of the molecule is COc1c2ccccc2cc2ccc(N)cc12. The second-order valence-electron chi connectivity index (χ2n) is 4.11. The lowest BCUT2D eigenvalue weighted by Gasteiger charge is -2.10. The zero-order valence-electron chi connectivity index (χ0n) is 9.60. The summed E-state index contributed by atoms with van der Waals surface area (Å²) in [6, 6.07) is 16.3. The summed E-state index contributed by atoms with van der Waals surface area (Å²) in [7, 11) is 1.70. The van der Waals surface area contributed by atoms with Gasteiger partial charge >= 0.3 is 0 Å². The highest BCUT2D eigenvalue weighted by atomic mass is 16.5. The lowest BCUT2D eigenvalue weighted by Crippen LogP contribution is -1.90. The topological polar surface area (TPSA) is 35.2 Å². The summed E-state index contributed by atoms with van der Waals surface area (Å²) in [5.74, 6) is 0.894. The summed E-state index contributed by atoms with van der Waals surface area (Å²) in [6.45, 7) is 0. The van der Waals surface area contributed by atoms with E-state index < -0.39 is 0 Å². The molecule has 0 saturated carbocycles. The Morgan fingerprint density at radius 1 is 0.882 bits per heavy atom. The molecule has 17 heavy (non-hydrogen) atoms. The lowest BCUT2D eigenvalue weighted by atomic mass is 10.0. The average Bonchev–Trinajstić information content (AvgIpc) is 2.36. The zero-order chi connectivity index (χ0) is 11.8. The summed E-state index contributed by atoms with van der Waals surface area (Å²) in [5.41, 5.74) is 6.59. The third kappa shape index (κ3) is 1.49. The third-order valence-electron chi connectivity index (χ3n) is 3.04. The first kappa shape index (κ1) is 9.97. The van der Waals surface area contributed by atoms with Crippen LogP contribution < -0.4 is 10.5 Å². The van der Waals surface area contributed by atoms with Crippen LogP contribution in [-0.4, -0.2) is 7.11 Å². The fraction of sp³-hybridized carbons (Fsp3) is 0.0667. The number of nitrogen functional groups attached to an aromatic ring is 1. The van der Waals surface area contributed by atoms with Gasteiger partial charge in [-0.25, -0.2) is 0 Å². The first-order valence-electron chi connectivity index (χ1n) is 5.54. The molecule has 0 fully saturated rings. The molecular formula is C15H13NO. The van der Waals surface area contributed by atoms with Crippen LogP contribution in [0, 0.1) is 0 Å². The maximum absolute atomic E-state index is 5.84. The van der Waals surface area contributed by atoms with Crippen molar-refractivity contribution in [3.8, 4) is 5.75 Å². The second kappa shape index (κ2) is 3.67. The van der Waals surface area contributed by atoms with Crippen LogP contribution in [0.5, 0.6) is 5.75 Å². The number of ether oxygens (including phenoxy) is 1. The Balaban J connectivity index is 2.54. The van der Waals surface area contributed by atoms with Gasteiger partial charge in [-0.15, -0.1) is 0 Å². The van der Waals surface area contributed by atoms with Crippen LogP contribution in [0.4, 0.5) is 5.69 Å². The number of rotatable bonds is 1. The van der Waals surface area contributed by atoms with E-state index in [9.17, 15) is 0 Å². The highest BCUT2D eigenvalue weighted by Gasteiger charge is 2.07. The molecule has 0 bridgehead atoms. The number of benzene rings is 3. The van der Waals surface area contributed by atoms with E-state index in [4.69, 9.17) is 10.5 Å². The van der Waals surface area contributed by atoms with Crippen molar-refractivity contribution in [1.29, 1.82) is 0 Å². The number of methoxy groups -OCH3 is 1. The van der Waals surface area contributed by atoms with Crippen molar-refractivity contribution in [2.45, 2.75) is 0 Å². The largest absolute Gasteiger partial charge is 0.495 e. The third-order valence-corrected chi connectivity index (χ3v) is 3.04. The van der Waals surface area contributed by atoms with E-state index in [1.165, 1.54) is 5.39 Å². The predicted octanol–water partition coefficient (Wildman–Crippen LogP) is 3.58. The predicted molar refractivity (Wildman–Crippen MR) is 72.4 cm³/mol. The molecule has 2 heteroatoms. The van der Waals surface area contributed by atoms with Gasteiger partial charge in [-0.05, 0) is 29.0 Å². The molecule has 3 aromatic rings. The number of nitrogens with two attached hydrogens (primary N) is 1. The van der Waals surface area contributed by atoms with E-state index in [-0.39, 0.29) is 0 Å². The Labute approximate surface area is 99.6 Å². The zero-order valence-corrected chi connectivity index (χ0v) is 9.60. The highest BCUT2D eigenvalue weighted by Crippen LogP contribution is 2.35. The molecule has 0 aliphatic rings. The van der Waals surface area contributed by atoms with Crippen molar-refractivity contribution >= 4 is 27.2 Å². The summed E-state index contributed by atoms with van der Waals surface area (Å²) in [6.07, 6.45) is 0. The van der Waals surface area contributed by atoms with Crippen LogP contribution in [-0.2, 0) is 0 Å². The van der Waals surface area contributed by atoms with Gasteiger partial charge in [0.2, 0.25) is 0 Å². The molecule has 0 unspecified atom stereocenters. The average molecular weight is 223 g/mol. The molecule has 3 rings (SSSR count). The van der Waals surface area contributed by atoms with Crippen molar-refractivity contribution in [3.05, 3.63) is 48.5 Å². The highest BCUT2D eigenvalue weighted by molar-refractivity contribution is 6.06. The summed E-state index contributed by atoms with van der Waals surface area (Å²) >= 11 is 0. The molecule has 2 N–H and O–H groups in total. The Morgan fingerprint density at radius 3 is 2.47 bits per heavy atom. The molecular weight excluding hydrogens is 210 g/mol. The van der Waals surface area contributed by atoms with Crippen LogP contribution in [0.1, 0.15) is 0 Å². The van der Waals surface area contributed by atoms with Gasteiger partial charge in [0.1, 0.15) is 5.75 Å². The number of hydrogen-bond donors (Lipinski definition) is 1. The second-order valence-corrected chi connectivity index (χ2v) is 4.11. The van der Waals surface area contributed by atoms with Crippen molar-refractivity contribution < 1.29 is 4.74 Å². The molecule has 0 aromatic heterocycles. The van der Waals surface area contributed by atoms with Gasteiger partial charge < -0.3 is 10.5 Å². The van der Waals surface area contributed by atoms with Gasteiger partial charge in [-0.3, -0.25) is 0 Å². The van der Waals surface area contributed by atoms with E-state index in [0.717, 1.165) is 27.6 Å². The monoisotopic (exact) mass is 223 g/mol. The van der Waals surface area contributed by atoms with Crippen molar-refractivity contribution in [2.75, 3.05) is 12.8 Å². The molecule has 84 valence electrons. The number of anilines is 1. The van der Waals surface area contributed by atoms with Crippen molar-refractivity contribution in [3.63, 3.8) is 0 Å². The van der Waals surface area contributed by atoms with Crippen LogP contribution >= 0.6 is 0 Å². The smallest absolute Gasteiger partial charge is 0.134 e. The van der Waals surface area contributed by atoms with Gasteiger partial charge in [0.25, 0.3) is 0 Å². The molecule has 0 atom stereocenters. The fourth-order valence-electron chi connectivity index (χ4n) is 2.26. The normalized spacial score (nSPS) is 10.9. The van der Waals surface area contributed by atoms with Gasteiger partial charge in [0, 0.05) is 16.5 Å². The summed E-state index contributed by atoms with van der Waals surface area (Å²) in [5, 5.41) is 4.51. The first-order chi connectivity index (χ1) is 8.29. The summed E-state index contributed by atoms with van der Waals surface area (Å²) < 4.78 is 5.54. The van der Waals surface area contributed by atoms with E-state index in [1.54, 1.807) is 7.11 Å². The minimum atomic E-state index is 0.756. The van der Waals surface area contributed by atoms with Gasteiger partial charge in [-0.1, -0.05) is 30.3 Å². The van der Waals surface area contributed by atoms with Crippen LogP contribution in [0.25, 0.3) is 21.5 Å². The maximum Gasteiger partial charge on any atom is 0.134 e. The molecule has 0 saturated heterocycles. The molecule has 2 nitrogen and oxygen atoms in total. The van der Waals surface area contributed by atoms with Gasteiger partial charge in [0.05, 0.1) is 7.11 Å². The Kier molecular flexibility index (Phi) is 2.15.